The minimum Gasteiger partial charge on any atom is -0.386 e. The van der Waals surface area contributed by atoms with E-state index in [1.165, 1.54) is 12.3 Å². The Morgan fingerprint density at radius 2 is 2.13 bits per heavy atom. The molecule has 1 N–H and O–H groups in total. The smallest absolute Gasteiger partial charge is 0.141 e. The van der Waals surface area contributed by atoms with Crippen LogP contribution >= 0.6 is 0 Å². The van der Waals surface area contributed by atoms with Gasteiger partial charge in [-0.3, -0.25) is 0 Å². The summed E-state index contributed by atoms with van der Waals surface area (Å²) in [5.41, 5.74) is -0.504. The van der Waals surface area contributed by atoms with Crippen molar-refractivity contribution >= 4 is 5.82 Å². The summed E-state index contributed by atoms with van der Waals surface area (Å²) in [5, 5.41) is 10.1. The number of hydrogen-bond donors (Lipinski definition) is 1. The van der Waals surface area contributed by atoms with Gasteiger partial charge in [0.2, 0.25) is 0 Å². The Hall–Kier alpha value is -1.16. The molecule has 1 saturated carbocycles. The Morgan fingerprint density at radius 3 is 2.67 bits per heavy atom. The van der Waals surface area contributed by atoms with Crippen LogP contribution in [-0.2, 0) is 0 Å². The van der Waals surface area contributed by atoms with E-state index >= 15 is 0 Å². The standard InChI is InChI=1S/C11H13FN2O/c12-9-3-4-10(13-5-9)14-6-11(15,7-14)8-1-2-8/h3-5,8,15H,1-2,6-7H2. The van der Waals surface area contributed by atoms with Crippen molar-refractivity contribution in [1.29, 1.82) is 0 Å². The lowest BCUT2D eigenvalue weighted by Gasteiger charge is -2.47. The van der Waals surface area contributed by atoms with Crippen molar-refractivity contribution < 1.29 is 9.50 Å². The van der Waals surface area contributed by atoms with E-state index in [4.69, 9.17) is 0 Å². The molecular weight excluding hydrogens is 195 g/mol. The van der Waals surface area contributed by atoms with Crippen LogP contribution in [0.4, 0.5) is 10.2 Å². The molecule has 1 aromatic rings. The van der Waals surface area contributed by atoms with Crippen LogP contribution in [0.5, 0.6) is 0 Å². The van der Waals surface area contributed by atoms with Crippen LogP contribution < -0.4 is 4.90 Å². The first-order valence-corrected chi connectivity index (χ1v) is 5.26. The van der Waals surface area contributed by atoms with Gasteiger partial charge in [-0.15, -0.1) is 0 Å². The van der Waals surface area contributed by atoms with Crippen LogP contribution in [0.25, 0.3) is 0 Å². The number of aliphatic hydroxyl groups is 1. The molecular formula is C11H13FN2O. The topological polar surface area (TPSA) is 36.4 Å². The molecule has 4 heteroatoms. The predicted molar refractivity (Wildman–Crippen MR) is 54.1 cm³/mol. The number of β-amino-alcohol motifs (C(OH)–C–C–N with tert-alkyl or cyclic N) is 1. The van der Waals surface area contributed by atoms with Gasteiger partial charge in [-0.2, -0.15) is 0 Å². The van der Waals surface area contributed by atoms with Gasteiger partial charge in [0.05, 0.1) is 19.3 Å². The van der Waals surface area contributed by atoms with Gasteiger partial charge in [0, 0.05) is 0 Å². The molecule has 1 aliphatic carbocycles. The minimum absolute atomic E-state index is 0.322. The largest absolute Gasteiger partial charge is 0.386 e. The van der Waals surface area contributed by atoms with Crippen LogP contribution in [0.2, 0.25) is 0 Å². The molecule has 1 saturated heterocycles. The zero-order valence-corrected chi connectivity index (χ0v) is 8.36. The Balaban J connectivity index is 1.69. The van der Waals surface area contributed by atoms with Gasteiger partial charge in [0.15, 0.2) is 0 Å². The highest BCUT2D eigenvalue weighted by Gasteiger charge is 2.52. The molecule has 2 heterocycles. The SMILES string of the molecule is OC1(C2CC2)CN(c2ccc(F)cn2)C1. The van der Waals surface area contributed by atoms with Crippen molar-refractivity contribution in [2.75, 3.05) is 18.0 Å². The van der Waals surface area contributed by atoms with Gasteiger partial charge in [-0.25, -0.2) is 9.37 Å². The summed E-state index contributed by atoms with van der Waals surface area (Å²) in [6.45, 7) is 1.27. The quantitative estimate of drug-likeness (QED) is 0.793. The number of anilines is 1. The summed E-state index contributed by atoms with van der Waals surface area (Å²) in [7, 11) is 0. The van der Waals surface area contributed by atoms with Crippen molar-refractivity contribution in [3.63, 3.8) is 0 Å². The van der Waals surface area contributed by atoms with Gasteiger partial charge in [0.1, 0.15) is 17.2 Å². The fraction of sp³-hybridized carbons (Fsp3) is 0.545. The van der Waals surface area contributed by atoms with E-state index in [2.05, 4.69) is 4.98 Å². The second-order valence-corrected chi connectivity index (χ2v) is 4.57. The van der Waals surface area contributed by atoms with Crippen LogP contribution in [-0.4, -0.2) is 28.8 Å². The van der Waals surface area contributed by atoms with Crippen molar-refractivity contribution in [2.45, 2.75) is 18.4 Å². The van der Waals surface area contributed by atoms with Crippen LogP contribution in [0.15, 0.2) is 18.3 Å². The van der Waals surface area contributed by atoms with Crippen LogP contribution in [0, 0.1) is 11.7 Å². The number of nitrogens with zero attached hydrogens (tertiary/aromatic N) is 2. The first kappa shape index (κ1) is 9.09. The highest BCUT2D eigenvalue weighted by Crippen LogP contribution is 2.45. The Morgan fingerprint density at radius 1 is 1.40 bits per heavy atom. The van der Waals surface area contributed by atoms with Crippen molar-refractivity contribution in [3.05, 3.63) is 24.1 Å². The van der Waals surface area contributed by atoms with E-state index in [1.807, 2.05) is 4.90 Å². The second kappa shape index (κ2) is 2.92. The molecule has 1 aromatic heterocycles. The Labute approximate surface area is 87.5 Å². The van der Waals surface area contributed by atoms with Crippen LogP contribution in [0.1, 0.15) is 12.8 Å². The van der Waals surface area contributed by atoms with Gasteiger partial charge >= 0.3 is 0 Å². The first-order valence-electron chi connectivity index (χ1n) is 5.26. The Kier molecular flexibility index (Phi) is 1.77. The summed E-state index contributed by atoms with van der Waals surface area (Å²) in [6.07, 6.45) is 3.49. The van der Waals surface area contributed by atoms with E-state index in [0.717, 1.165) is 18.7 Å². The summed E-state index contributed by atoms with van der Waals surface area (Å²) >= 11 is 0. The first-order chi connectivity index (χ1) is 7.17. The molecule has 0 spiro atoms. The van der Waals surface area contributed by atoms with Gasteiger partial charge in [-0.05, 0) is 30.9 Å². The van der Waals surface area contributed by atoms with Gasteiger partial charge in [-0.1, -0.05) is 0 Å². The average Bonchev–Trinajstić information content (AvgIpc) is 2.98. The number of aromatic nitrogens is 1. The highest BCUT2D eigenvalue weighted by molar-refractivity contribution is 5.44. The zero-order valence-electron chi connectivity index (χ0n) is 8.36. The molecule has 0 amide bonds. The minimum atomic E-state index is -0.504. The van der Waals surface area contributed by atoms with E-state index in [-0.39, 0.29) is 5.82 Å². The molecule has 2 fully saturated rings. The van der Waals surface area contributed by atoms with E-state index in [0.29, 0.717) is 19.0 Å². The lowest BCUT2D eigenvalue weighted by molar-refractivity contribution is -0.00974. The number of pyridine rings is 1. The van der Waals surface area contributed by atoms with Gasteiger partial charge < -0.3 is 10.0 Å². The average molecular weight is 208 g/mol. The highest BCUT2D eigenvalue weighted by atomic mass is 19.1. The fourth-order valence-corrected chi connectivity index (χ4v) is 2.21. The zero-order chi connectivity index (χ0) is 10.5. The molecule has 0 radical (unpaired) electrons. The normalized spacial score (nSPS) is 23.7. The molecule has 0 bridgehead atoms. The number of rotatable bonds is 2. The molecule has 0 unspecified atom stereocenters. The van der Waals surface area contributed by atoms with E-state index in [1.54, 1.807) is 6.07 Å². The molecule has 0 atom stereocenters. The third kappa shape index (κ3) is 1.49. The molecule has 80 valence electrons. The van der Waals surface area contributed by atoms with Crippen LogP contribution in [0.3, 0.4) is 0 Å². The van der Waals surface area contributed by atoms with Crippen molar-refractivity contribution in [1.82, 2.24) is 4.98 Å². The maximum atomic E-state index is 12.6. The molecule has 2 aliphatic rings. The third-order valence-corrected chi connectivity index (χ3v) is 3.30. The molecule has 1 aliphatic heterocycles. The summed E-state index contributed by atoms with van der Waals surface area (Å²) in [4.78, 5) is 5.97. The summed E-state index contributed by atoms with van der Waals surface area (Å²) in [5.74, 6) is 0.910. The predicted octanol–water partition coefficient (Wildman–Crippen LogP) is 1.18. The third-order valence-electron chi connectivity index (χ3n) is 3.30. The fourth-order valence-electron chi connectivity index (χ4n) is 2.21. The molecule has 15 heavy (non-hydrogen) atoms. The van der Waals surface area contributed by atoms with Crippen molar-refractivity contribution in [2.24, 2.45) is 5.92 Å². The molecule has 3 rings (SSSR count). The summed E-state index contributed by atoms with van der Waals surface area (Å²) in [6, 6.07) is 3.05. The number of halogens is 1. The maximum Gasteiger partial charge on any atom is 0.141 e. The lowest BCUT2D eigenvalue weighted by Crippen LogP contribution is -2.63. The monoisotopic (exact) mass is 208 g/mol. The molecule has 3 nitrogen and oxygen atoms in total. The van der Waals surface area contributed by atoms with E-state index in [9.17, 15) is 9.50 Å². The van der Waals surface area contributed by atoms with Crippen molar-refractivity contribution in [3.8, 4) is 0 Å². The Bertz CT molecular complexity index is 369. The lowest BCUT2D eigenvalue weighted by atomic mass is 9.89. The summed E-state index contributed by atoms with van der Waals surface area (Å²) < 4.78 is 12.6. The molecule has 0 aromatic carbocycles. The number of hydrogen-bond acceptors (Lipinski definition) is 3. The van der Waals surface area contributed by atoms with E-state index < -0.39 is 5.60 Å². The second-order valence-electron chi connectivity index (χ2n) is 4.57. The maximum absolute atomic E-state index is 12.6. The van der Waals surface area contributed by atoms with Gasteiger partial charge in [0.25, 0.3) is 0 Å².